The predicted octanol–water partition coefficient (Wildman–Crippen LogP) is 5.98. The number of nitrogens with zero attached hydrogens (tertiary/aromatic N) is 1. The Hall–Kier alpha value is -1.41. The summed E-state index contributed by atoms with van der Waals surface area (Å²) >= 11 is 0. The molecule has 2 aromatic carbocycles. The van der Waals surface area contributed by atoms with Gasteiger partial charge in [-0.15, -0.1) is 0 Å². The molecule has 2 unspecified atom stereocenters. The molecule has 164 valence electrons. The fourth-order valence-electron chi connectivity index (χ4n) is 4.52. The highest BCUT2D eigenvalue weighted by atomic mass is 31.1. The minimum absolute atomic E-state index is 0.0435. The van der Waals surface area contributed by atoms with Crippen molar-refractivity contribution in [2.45, 2.75) is 64.6 Å². The lowest BCUT2D eigenvalue weighted by Crippen LogP contribution is -2.31. The van der Waals surface area contributed by atoms with Crippen LogP contribution in [0.2, 0.25) is 0 Å². The Morgan fingerprint density at radius 1 is 1.07 bits per heavy atom. The number of benzene rings is 2. The fourth-order valence-corrected chi connectivity index (χ4v) is 6.33. The van der Waals surface area contributed by atoms with Gasteiger partial charge in [-0.25, -0.2) is 0 Å². The number of rotatable bonds is 10. The molecule has 0 saturated carbocycles. The Morgan fingerprint density at radius 2 is 1.83 bits per heavy atom. The topological polar surface area (TPSA) is 21.7 Å². The van der Waals surface area contributed by atoms with Gasteiger partial charge >= 0.3 is 0 Å². The van der Waals surface area contributed by atoms with Gasteiger partial charge in [-0.3, -0.25) is 4.90 Å². The van der Waals surface area contributed by atoms with E-state index >= 15 is 0 Å². The molecule has 0 bridgehead atoms. The number of hydrogen-bond acceptors (Lipinski definition) is 3. The molecular weight excluding hydrogens is 389 g/mol. The van der Waals surface area contributed by atoms with Crippen LogP contribution in [-0.2, 0) is 16.4 Å². The molecule has 1 heterocycles. The van der Waals surface area contributed by atoms with Gasteiger partial charge in [0.2, 0.25) is 0 Å². The number of aryl methyl sites for hydroxylation is 1. The lowest BCUT2D eigenvalue weighted by molar-refractivity contribution is 0.0500. The van der Waals surface area contributed by atoms with Crippen molar-refractivity contribution in [1.82, 2.24) is 4.90 Å². The molecule has 0 amide bonds. The Labute approximate surface area is 184 Å². The van der Waals surface area contributed by atoms with Crippen LogP contribution in [0.5, 0.6) is 5.75 Å². The van der Waals surface area contributed by atoms with E-state index in [-0.39, 0.29) is 11.9 Å². The van der Waals surface area contributed by atoms with Crippen LogP contribution in [0.15, 0.2) is 42.5 Å². The second kappa shape index (κ2) is 11.3. The summed E-state index contributed by atoms with van der Waals surface area (Å²) in [6, 6.07) is 15.6. The first kappa shape index (κ1) is 23.3. The molecule has 3 rings (SSSR count). The summed E-state index contributed by atoms with van der Waals surface area (Å²) in [7, 11) is 2.38. The minimum atomic E-state index is 0.0435. The van der Waals surface area contributed by atoms with Gasteiger partial charge in [0.25, 0.3) is 0 Å². The van der Waals surface area contributed by atoms with Crippen molar-refractivity contribution in [2.24, 2.45) is 0 Å². The van der Waals surface area contributed by atoms with E-state index < -0.39 is 0 Å². The van der Waals surface area contributed by atoms with Gasteiger partial charge in [-0.05, 0) is 56.2 Å². The number of ether oxygens (including phenoxy) is 2. The first-order chi connectivity index (χ1) is 14.6. The highest BCUT2D eigenvalue weighted by Gasteiger charge is 2.31. The molecule has 1 aliphatic rings. The summed E-state index contributed by atoms with van der Waals surface area (Å²) in [4.78, 5) is 2.63. The molecule has 1 aliphatic heterocycles. The van der Waals surface area contributed by atoms with Crippen molar-refractivity contribution in [3.05, 3.63) is 59.2 Å². The number of likely N-dealkylation sites (tertiary alicyclic amines) is 1. The molecular formula is C26H38NO2P. The molecule has 0 aromatic heterocycles. The van der Waals surface area contributed by atoms with E-state index in [1.54, 1.807) is 7.11 Å². The van der Waals surface area contributed by atoms with E-state index in [0.717, 1.165) is 25.1 Å². The van der Waals surface area contributed by atoms with Crippen molar-refractivity contribution in [1.29, 1.82) is 0 Å². The zero-order valence-electron chi connectivity index (χ0n) is 19.2. The summed E-state index contributed by atoms with van der Waals surface area (Å²) in [6.45, 7) is 10.7. The van der Waals surface area contributed by atoms with Crippen molar-refractivity contribution < 1.29 is 9.47 Å². The quantitative estimate of drug-likeness (QED) is 0.344. The SMILES string of the molecule is CCCC(C)(Pc1ccccc1CN1CCCCC1)c1cc(C)ccc1OCOC. The summed E-state index contributed by atoms with van der Waals surface area (Å²) in [5.74, 6) is 0.958. The molecule has 0 spiro atoms. The third kappa shape index (κ3) is 6.06. The molecule has 0 radical (unpaired) electrons. The van der Waals surface area contributed by atoms with Crippen molar-refractivity contribution in [3.8, 4) is 5.75 Å². The lowest BCUT2D eigenvalue weighted by atomic mass is 9.93. The number of methoxy groups -OCH3 is 1. The zero-order valence-corrected chi connectivity index (χ0v) is 20.2. The smallest absolute Gasteiger partial charge is 0.188 e. The van der Waals surface area contributed by atoms with Gasteiger partial charge in [-0.2, -0.15) is 0 Å². The second-order valence-electron chi connectivity index (χ2n) is 8.75. The zero-order chi connectivity index (χ0) is 21.4. The van der Waals surface area contributed by atoms with Gasteiger partial charge in [0.1, 0.15) is 5.75 Å². The Morgan fingerprint density at radius 3 is 2.57 bits per heavy atom. The van der Waals surface area contributed by atoms with Gasteiger partial charge in [-0.1, -0.05) is 77.2 Å². The normalized spacial score (nSPS) is 17.3. The van der Waals surface area contributed by atoms with Crippen LogP contribution in [0.4, 0.5) is 0 Å². The standard InChI is InChI=1S/C26H38NO2P/c1-5-15-26(3,23-18-21(2)13-14-24(23)29-20-28-4)30-25-12-8-7-11-22(25)19-27-16-9-6-10-17-27/h7-8,11-14,18,30H,5-6,9-10,15-17,19-20H2,1-4H3. The van der Waals surface area contributed by atoms with E-state index in [0.29, 0.717) is 8.58 Å². The van der Waals surface area contributed by atoms with Crippen LogP contribution in [0.3, 0.4) is 0 Å². The predicted molar refractivity (Wildman–Crippen MR) is 129 cm³/mol. The lowest BCUT2D eigenvalue weighted by Gasteiger charge is -2.34. The molecule has 1 fully saturated rings. The second-order valence-corrected chi connectivity index (χ2v) is 10.6. The molecule has 1 saturated heterocycles. The first-order valence-corrected chi connectivity index (χ1v) is 12.4. The fraction of sp³-hybridized carbons (Fsp3) is 0.538. The molecule has 4 heteroatoms. The summed E-state index contributed by atoms with van der Waals surface area (Å²) in [6.07, 6.45) is 6.33. The molecule has 3 nitrogen and oxygen atoms in total. The van der Waals surface area contributed by atoms with Crippen LogP contribution < -0.4 is 10.0 Å². The third-order valence-electron chi connectivity index (χ3n) is 6.08. The Bertz CT molecular complexity index is 803. The first-order valence-electron chi connectivity index (χ1n) is 11.4. The van der Waals surface area contributed by atoms with Crippen LogP contribution in [0, 0.1) is 6.92 Å². The van der Waals surface area contributed by atoms with Gasteiger partial charge < -0.3 is 9.47 Å². The van der Waals surface area contributed by atoms with Crippen molar-refractivity contribution >= 4 is 13.9 Å². The molecule has 0 aliphatic carbocycles. The molecule has 0 N–H and O–H groups in total. The van der Waals surface area contributed by atoms with Gasteiger partial charge in [0, 0.05) is 24.4 Å². The van der Waals surface area contributed by atoms with Gasteiger partial charge in [0.05, 0.1) is 0 Å². The van der Waals surface area contributed by atoms with Crippen LogP contribution in [0.25, 0.3) is 0 Å². The van der Waals surface area contributed by atoms with Crippen molar-refractivity contribution in [3.63, 3.8) is 0 Å². The highest BCUT2D eigenvalue weighted by molar-refractivity contribution is 7.48. The van der Waals surface area contributed by atoms with Crippen LogP contribution in [0.1, 0.15) is 62.6 Å². The van der Waals surface area contributed by atoms with E-state index in [1.165, 1.54) is 54.3 Å². The number of piperidine rings is 1. The summed E-state index contributed by atoms with van der Waals surface area (Å²) in [5.41, 5.74) is 4.09. The Balaban J connectivity index is 1.91. The maximum absolute atomic E-state index is 6.00. The minimum Gasteiger partial charge on any atom is -0.467 e. The van der Waals surface area contributed by atoms with Crippen LogP contribution >= 0.6 is 8.58 Å². The summed E-state index contributed by atoms with van der Waals surface area (Å²) in [5, 5.41) is 1.54. The maximum Gasteiger partial charge on any atom is 0.188 e. The number of hydrogen-bond donors (Lipinski definition) is 0. The molecule has 2 aromatic rings. The van der Waals surface area contributed by atoms with E-state index in [2.05, 4.69) is 68.1 Å². The molecule has 30 heavy (non-hydrogen) atoms. The van der Waals surface area contributed by atoms with E-state index in [4.69, 9.17) is 9.47 Å². The van der Waals surface area contributed by atoms with E-state index in [1.807, 2.05) is 0 Å². The van der Waals surface area contributed by atoms with Crippen molar-refractivity contribution in [2.75, 3.05) is 27.0 Å². The van der Waals surface area contributed by atoms with Gasteiger partial charge in [0.15, 0.2) is 6.79 Å². The average Bonchev–Trinajstić information content (AvgIpc) is 2.75. The Kier molecular flexibility index (Phi) is 8.74. The monoisotopic (exact) mass is 427 g/mol. The third-order valence-corrected chi connectivity index (χ3v) is 7.91. The highest BCUT2D eigenvalue weighted by Crippen LogP contribution is 2.48. The summed E-state index contributed by atoms with van der Waals surface area (Å²) < 4.78 is 11.2. The van der Waals surface area contributed by atoms with Crippen LogP contribution in [-0.4, -0.2) is 31.9 Å². The molecule has 2 atom stereocenters. The largest absolute Gasteiger partial charge is 0.467 e. The van der Waals surface area contributed by atoms with E-state index in [9.17, 15) is 0 Å². The maximum atomic E-state index is 6.00. The average molecular weight is 428 g/mol.